The molecule has 2 rings (SSSR count). The summed E-state index contributed by atoms with van der Waals surface area (Å²) in [5.41, 5.74) is 0.101. The van der Waals surface area contributed by atoms with Crippen molar-refractivity contribution in [3.63, 3.8) is 0 Å². The van der Waals surface area contributed by atoms with Gasteiger partial charge in [0.25, 0.3) is 5.91 Å². The van der Waals surface area contributed by atoms with Gasteiger partial charge < -0.3 is 15.5 Å². The predicted octanol–water partition coefficient (Wildman–Crippen LogP) is 3.24. The fraction of sp³-hybridized carbons (Fsp3) is 0. The van der Waals surface area contributed by atoms with Crippen LogP contribution in [0.25, 0.3) is 0 Å². The van der Waals surface area contributed by atoms with Crippen LogP contribution in [0, 0.1) is 5.82 Å². The molecule has 3 N–H and O–H groups in total. The van der Waals surface area contributed by atoms with Gasteiger partial charge in [-0.2, -0.15) is 0 Å². The molecule has 2 aromatic carbocycles. The molecule has 0 bridgehead atoms. The van der Waals surface area contributed by atoms with Gasteiger partial charge in [0.15, 0.2) is 0 Å². The van der Waals surface area contributed by atoms with Crippen LogP contribution in [0.1, 0.15) is 20.7 Å². The third kappa shape index (κ3) is 3.38. The number of carbonyl (C=O) groups is 2. The highest BCUT2D eigenvalue weighted by atomic mass is 79.9. The van der Waals surface area contributed by atoms with Gasteiger partial charge in [-0.15, -0.1) is 0 Å². The summed E-state index contributed by atoms with van der Waals surface area (Å²) >= 11 is 3.18. The van der Waals surface area contributed by atoms with Crippen LogP contribution in [-0.2, 0) is 0 Å². The lowest BCUT2D eigenvalue weighted by Crippen LogP contribution is -2.13. The third-order valence-electron chi connectivity index (χ3n) is 2.67. The summed E-state index contributed by atoms with van der Waals surface area (Å²) in [5.74, 6) is -2.99. The van der Waals surface area contributed by atoms with Crippen molar-refractivity contribution in [3.8, 4) is 5.75 Å². The number of phenols is 1. The van der Waals surface area contributed by atoms with Crippen molar-refractivity contribution < 1.29 is 24.2 Å². The first-order valence-corrected chi connectivity index (χ1v) is 6.50. The van der Waals surface area contributed by atoms with Crippen molar-refractivity contribution >= 4 is 33.5 Å². The summed E-state index contributed by atoms with van der Waals surface area (Å²) in [7, 11) is 0. The van der Waals surface area contributed by atoms with Gasteiger partial charge in [0.2, 0.25) is 0 Å². The molecule has 2 aromatic rings. The molecular weight excluding hydrogens is 345 g/mol. The van der Waals surface area contributed by atoms with Crippen molar-refractivity contribution in [1.82, 2.24) is 0 Å². The molecule has 0 unspecified atom stereocenters. The second kappa shape index (κ2) is 5.92. The van der Waals surface area contributed by atoms with Gasteiger partial charge in [-0.1, -0.05) is 0 Å². The van der Waals surface area contributed by atoms with E-state index in [0.717, 1.165) is 18.2 Å². The van der Waals surface area contributed by atoms with Crippen molar-refractivity contribution in [2.75, 3.05) is 5.32 Å². The highest BCUT2D eigenvalue weighted by Crippen LogP contribution is 2.26. The number of rotatable bonds is 3. The summed E-state index contributed by atoms with van der Waals surface area (Å²) in [6, 6.07) is 7.11. The van der Waals surface area contributed by atoms with Crippen LogP contribution in [0.2, 0.25) is 0 Å². The van der Waals surface area contributed by atoms with Gasteiger partial charge in [-0.3, -0.25) is 4.79 Å². The normalized spacial score (nSPS) is 10.2. The molecule has 0 heterocycles. The first-order valence-electron chi connectivity index (χ1n) is 5.71. The molecule has 21 heavy (non-hydrogen) atoms. The number of phenolic OH excluding ortho intramolecular Hbond substituents is 1. The van der Waals surface area contributed by atoms with Gasteiger partial charge in [-0.25, -0.2) is 9.18 Å². The number of carboxylic acid groups (broad SMARTS) is 1. The number of halogens is 2. The molecule has 5 nitrogen and oxygen atoms in total. The number of carbonyl (C=O) groups excluding carboxylic acids is 1. The lowest BCUT2D eigenvalue weighted by molar-refractivity contribution is 0.0696. The molecule has 0 aliphatic heterocycles. The van der Waals surface area contributed by atoms with Crippen LogP contribution in [0.5, 0.6) is 5.75 Å². The molecule has 0 spiro atoms. The van der Waals surface area contributed by atoms with Gasteiger partial charge in [0.1, 0.15) is 11.6 Å². The van der Waals surface area contributed by atoms with E-state index in [9.17, 15) is 19.1 Å². The van der Waals surface area contributed by atoms with Crippen molar-refractivity contribution in [2.45, 2.75) is 0 Å². The van der Waals surface area contributed by atoms with Crippen LogP contribution in [0.3, 0.4) is 0 Å². The van der Waals surface area contributed by atoms with E-state index >= 15 is 0 Å². The lowest BCUT2D eigenvalue weighted by atomic mass is 10.1. The number of aromatic carboxylic acids is 1. The minimum atomic E-state index is -1.14. The van der Waals surface area contributed by atoms with E-state index < -0.39 is 23.4 Å². The number of anilines is 1. The molecule has 1 amide bonds. The fourth-order valence-corrected chi connectivity index (χ4v) is 1.99. The van der Waals surface area contributed by atoms with E-state index in [4.69, 9.17) is 5.11 Å². The van der Waals surface area contributed by atoms with Crippen LogP contribution >= 0.6 is 15.9 Å². The number of aromatic hydroxyl groups is 1. The minimum absolute atomic E-state index is 0.00294. The number of hydrogen-bond acceptors (Lipinski definition) is 3. The molecule has 7 heteroatoms. The Bertz CT molecular complexity index is 733. The monoisotopic (exact) mass is 353 g/mol. The Labute approximate surface area is 127 Å². The van der Waals surface area contributed by atoms with Gasteiger partial charge in [0, 0.05) is 10.5 Å². The van der Waals surface area contributed by atoms with E-state index in [1.165, 1.54) is 18.2 Å². The zero-order valence-electron chi connectivity index (χ0n) is 10.4. The highest BCUT2D eigenvalue weighted by Gasteiger charge is 2.14. The first-order chi connectivity index (χ1) is 9.88. The first kappa shape index (κ1) is 15.0. The number of hydrogen-bond donors (Lipinski definition) is 3. The molecule has 0 fully saturated rings. The quantitative estimate of drug-likeness (QED) is 0.790. The van der Waals surface area contributed by atoms with E-state index in [0.29, 0.717) is 4.47 Å². The number of amides is 1. The Balaban J connectivity index is 2.31. The maximum absolute atomic E-state index is 12.9. The van der Waals surface area contributed by atoms with E-state index in [1.807, 2.05) is 0 Å². The zero-order valence-corrected chi connectivity index (χ0v) is 12.0. The molecular formula is C14H9BrFNO4. The number of benzene rings is 2. The largest absolute Gasteiger partial charge is 0.507 e. The fourth-order valence-electron chi connectivity index (χ4n) is 1.64. The summed E-state index contributed by atoms with van der Waals surface area (Å²) in [5, 5.41) is 20.9. The average Bonchev–Trinajstić information content (AvgIpc) is 2.40. The Morgan fingerprint density at radius 1 is 1.14 bits per heavy atom. The minimum Gasteiger partial charge on any atom is -0.507 e. The topological polar surface area (TPSA) is 86.6 Å². The standard InChI is InChI=1S/C14H9BrFNO4/c15-10-4-1-7(14(20)21)5-11(10)17-13(19)9-3-2-8(16)6-12(9)18/h1-6,18H,(H,17,19)(H,20,21). The molecule has 0 atom stereocenters. The number of nitrogens with one attached hydrogen (secondary N) is 1. The maximum Gasteiger partial charge on any atom is 0.335 e. The van der Waals surface area contributed by atoms with Crippen LogP contribution in [-0.4, -0.2) is 22.1 Å². The van der Waals surface area contributed by atoms with Crippen LogP contribution in [0.4, 0.5) is 10.1 Å². The van der Waals surface area contributed by atoms with Gasteiger partial charge >= 0.3 is 5.97 Å². The summed E-state index contributed by atoms with van der Waals surface area (Å²) < 4.78 is 13.4. The molecule has 0 saturated heterocycles. The highest BCUT2D eigenvalue weighted by molar-refractivity contribution is 9.10. The van der Waals surface area contributed by atoms with E-state index in [2.05, 4.69) is 21.2 Å². The van der Waals surface area contributed by atoms with Crippen molar-refractivity contribution in [3.05, 3.63) is 57.8 Å². The molecule has 0 aliphatic carbocycles. The van der Waals surface area contributed by atoms with E-state index in [1.54, 1.807) is 0 Å². The summed E-state index contributed by atoms with van der Waals surface area (Å²) in [6.45, 7) is 0. The smallest absolute Gasteiger partial charge is 0.335 e. The Morgan fingerprint density at radius 2 is 1.86 bits per heavy atom. The van der Waals surface area contributed by atoms with Gasteiger partial charge in [-0.05, 0) is 46.3 Å². The lowest BCUT2D eigenvalue weighted by Gasteiger charge is -2.09. The van der Waals surface area contributed by atoms with Crippen molar-refractivity contribution in [1.29, 1.82) is 0 Å². The average molecular weight is 354 g/mol. The van der Waals surface area contributed by atoms with E-state index in [-0.39, 0.29) is 16.8 Å². The Kier molecular flexibility index (Phi) is 4.23. The van der Waals surface area contributed by atoms with Crippen LogP contribution in [0.15, 0.2) is 40.9 Å². The second-order valence-electron chi connectivity index (χ2n) is 4.12. The van der Waals surface area contributed by atoms with Crippen LogP contribution < -0.4 is 5.32 Å². The molecule has 108 valence electrons. The SMILES string of the molecule is O=C(O)c1ccc(Br)c(NC(=O)c2ccc(F)cc2O)c1. The zero-order chi connectivity index (χ0) is 15.6. The predicted molar refractivity (Wildman–Crippen MR) is 77.1 cm³/mol. The Morgan fingerprint density at radius 3 is 2.48 bits per heavy atom. The van der Waals surface area contributed by atoms with Gasteiger partial charge in [0.05, 0.1) is 16.8 Å². The third-order valence-corrected chi connectivity index (χ3v) is 3.36. The number of carboxylic acids is 1. The second-order valence-corrected chi connectivity index (χ2v) is 4.97. The summed E-state index contributed by atoms with van der Waals surface area (Å²) in [4.78, 5) is 22.9. The molecule has 0 aliphatic rings. The maximum atomic E-state index is 12.9. The Hall–Kier alpha value is -2.41. The summed E-state index contributed by atoms with van der Waals surface area (Å²) in [6.07, 6.45) is 0. The van der Waals surface area contributed by atoms with Crippen molar-refractivity contribution in [2.24, 2.45) is 0 Å². The molecule has 0 saturated carbocycles. The molecule has 0 radical (unpaired) electrons. The molecule has 0 aromatic heterocycles.